The molecule has 1 aromatic rings. The molecule has 1 aliphatic carbocycles. The molecule has 0 amide bonds. The fourth-order valence-electron chi connectivity index (χ4n) is 1.86. The quantitative estimate of drug-likeness (QED) is 0.546. The molecule has 1 aliphatic rings. The van der Waals surface area contributed by atoms with E-state index >= 15 is 0 Å². The van der Waals surface area contributed by atoms with Crippen LogP contribution < -0.4 is 0 Å². The Morgan fingerprint density at radius 2 is 2.14 bits per heavy atom. The Hall–Kier alpha value is -0.820. The summed E-state index contributed by atoms with van der Waals surface area (Å²) in [6, 6.07) is 8.57. The molecule has 72 valence electrons. The van der Waals surface area contributed by atoms with Crippen LogP contribution in [0.4, 0.5) is 0 Å². The summed E-state index contributed by atoms with van der Waals surface area (Å²) in [6.45, 7) is 2.05. The predicted octanol–water partition coefficient (Wildman–Crippen LogP) is 4.14. The lowest BCUT2D eigenvalue weighted by Gasteiger charge is -2.14. The first-order valence-electron chi connectivity index (χ1n) is 4.87. The van der Waals surface area contributed by atoms with E-state index in [1.807, 2.05) is 0 Å². The third kappa shape index (κ3) is 1.69. The highest BCUT2D eigenvalue weighted by atomic mass is 79.9. The number of alkyl halides is 1. The summed E-state index contributed by atoms with van der Waals surface area (Å²) in [6.07, 6.45) is 8.76. The van der Waals surface area contributed by atoms with Crippen LogP contribution in [0.15, 0.2) is 42.5 Å². The lowest BCUT2D eigenvalue weighted by molar-refractivity contribution is 0.908. The molecule has 14 heavy (non-hydrogen) atoms. The Labute approximate surface area is 93.5 Å². The molecule has 0 nitrogen and oxygen atoms in total. The molecule has 0 bridgehead atoms. The zero-order valence-electron chi connectivity index (χ0n) is 8.15. The largest absolute Gasteiger partial charge is 0.0905 e. The molecular formula is C13H13Br. The normalized spacial score (nSPS) is 21.4. The van der Waals surface area contributed by atoms with Crippen molar-refractivity contribution in [2.45, 2.75) is 17.7 Å². The van der Waals surface area contributed by atoms with E-state index in [1.165, 1.54) is 11.1 Å². The van der Waals surface area contributed by atoms with Crippen LogP contribution in [0.2, 0.25) is 0 Å². The second-order valence-corrected chi connectivity index (χ2v) is 4.54. The van der Waals surface area contributed by atoms with Crippen LogP contribution in [0.25, 0.3) is 6.08 Å². The van der Waals surface area contributed by atoms with Gasteiger partial charge in [-0.15, -0.1) is 0 Å². The molecule has 0 aliphatic heterocycles. The molecule has 0 radical (unpaired) electrons. The van der Waals surface area contributed by atoms with Crippen LogP contribution in [-0.2, 0) is 0 Å². The Balaban J connectivity index is 2.30. The Morgan fingerprint density at radius 3 is 2.93 bits per heavy atom. The van der Waals surface area contributed by atoms with Crippen LogP contribution in [0.3, 0.4) is 0 Å². The van der Waals surface area contributed by atoms with Crippen molar-refractivity contribution < 1.29 is 0 Å². The third-order valence-electron chi connectivity index (χ3n) is 2.56. The van der Waals surface area contributed by atoms with Gasteiger partial charge in [-0.05, 0) is 18.1 Å². The summed E-state index contributed by atoms with van der Waals surface area (Å²) in [7, 11) is 0. The van der Waals surface area contributed by atoms with E-state index in [4.69, 9.17) is 0 Å². The van der Waals surface area contributed by atoms with E-state index in [0.717, 1.165) is 0 Å². The molecule has 0 spiro atoms. The zero-order chi connectivity index (χ0) is 9.97. The van der Waals surface area contributed by atoms with E-state index in [9.17, 15) is 0 Å². The molecule has 0 heterocycles. The fraction of sp³-hybridized carbons (Fsp3) is 0.231. The molecule has 2 atom stereocenters. The van der Waals surface area contributed by atoms with Crippen molar-refractivity contribution in [3.05, 3.63) is 53.6 Å². The van der Waals surface area contributed by atoms with Crippen LogP contribution >= 0.6 is 15.9 Å². The summed E-state index contributed by atoms with van der Waals surface area (Å²) in [5.74, 6) is 0.488. The molecule has 0 aromatic heterocycles. The number of benzene rings is 1. The SMILES string of the molecule is CC=CC(Br)C1C=Cc2ccccc21. The van der Waals surface area contributed by atoms with Gasteiger partial charge < -0.3 is 0 Å². The lowest BCUT2D eigenvalue weighted by Crippen LogP contribution is -2.05. The third-order valence-corrected chi connectivity index (χ3v) is 3.43. The fourth-order valence-corrected chi connectivity index (χ4v) is 2.62. The van der Waals surface area contributed by atoms with Crippen molar-refractivity contribution in [3.63, 3.8) is 0 Å². The van der Waals surface area contributed by atoms with Gasteiger partial charge in [-0.25, -0.2) is 0 Å². The summed E-state index contributed by atoms with van der Waals surface area (Å²) in [5, 5.41) is 0. The van der Waals surface area contributed by atoms with Crippen LogP contribution in [0.5, 0.6) is 0 Å². The van der Waals surface area contributed by atoms with E-state index in [-0.39, 0.29) is 0 Å². The lowest BCUT2D eigenvalue weighted by atomic mass is 9.97. The van der Waals surface area contributed by atoms with Gasteiger partial charge in [0, 0.05) is 10.7 Å². The molecule has 2 rings (SSSR count). The van der Waals surface area contributed by atoms with Gasteiger partial charge in [0.25, 0.3) is 0 Å². The van der Waals surface area contributed by atoms with Gasteiger partial charge in [-0.3, -0.25) is 0 Å². The maximum absolute atomic E-state index is 3.70. The second-order valence-electron chi connectivity index (χ2n) is 3.48. The summed E-state index contributed by atoms with van der Waals surface area (Å²) in [4.78, 5) is 0.410. The van der Waals surface area contributed by atoms with Crippen LogP contribution in [0.1, 0.15) is 24.0 Å². The Morgan fingerprint density at radius 1 is 1.36 bits per heavy atom. The van der Waals surface area contributed by atoms with Gasteiger partial charge in [-0.1, -0.05) is 64.5 Å². The number of hydrogen-bond donors (Lipinski definition) is 0. The van der Waals surface area contributed by atoms with Crippen molar-refractivity contribution in [1.82, 2.24) is 0 Å². The molecule has 1 aromatic carbocycles. The van der Waals surface area contributed by atoms with Crippen molar-refractivity contribution in [2.75, 3.05) is 0 Å². The molecule has 0 N–H and O–H groups in total. The van der Waals surface area contributed by atoms with Gasteiger partial charge in [0.1, 0.15) is 0 Å². The van der Waals surface area contributed by atoms with E-state index in [2.05, 4.69) is 71.4 Å². The highest BCUT2D eigenvalue weighted by Gasteiger charge is 2.21. The standard InChI is InChI=1S/C13H13Br/c1-2-5-13(14)12-9-8-10-6-3-4-7-11(10)12/h2-9,12-13H,1H3. The first kappa shape index (κ1) is 9.72. The monoisotopic (exact) mass is 248 g/mol. The number of hydrogen-bond acceptors (Lipinski definition) is 0. The predicted molar refractivity (Wildman–Crippen MR) is 65.7 cm³/mol. The molecular weight excluding hydrogens is 236 g/mol. The highest BCUT2D eigenvalue weighted by molar-refractivity contribution is 9.09. The number of halogens is 1. The molecule has 0 saturated carbocycles. The van der Waals surface area contributed by atoms with Gasteiger partial charge in [0.15, 0.2) is 0 Å². The Kier molecular flexibility index (Phi) is 2.87. The summed E-state index contributed by atoms with van der Waals surface area (Å²) < 4.78 is 0. The molecule has 2 unspecified atom stereocenters. The van der Waals surface area contributed by atoms with E-state index < -0.39 is 0 Å². The van der Waals surface area contributed by atoms with Gasteiger partial charge in [0.05, 0.1) is 0 Å². The Bertz CT molecular complexity index is 377. The van der Waals surface area contributed by atoms with Gasteiger partial charge in [-0.2, -0.15) is 0 Å². The average Bonchev–Trinajstić information content (AvgIpc) is 2.61. The van der Waals surface area contributed by atoms with Gasteiger partial charge >= 0.3 is 0 Å². The first-order chi connectivity index (χ1) is 6.83. The topological polar surface area (TPSA) is 0 Å². The molecule has 1 heteroatoms. The highest BCUT2D eigenvalue weighted by Crippen LogP contribution is 2.35. The summed E-state index contributed by atoms with van der Waals surface area (Å²) in [5.41, 5.74) is 2.78. The average molecular weight is 249 g/mol. The van der Waals surface area contributed by atoms with E-state index in [0.29, 0.717) is 10.7 Å². The van der Waals surface area contributed by atoms with Crippen LogP contribution in [-0.4, -0.2) is 4.83 Å². The van der Waals surface area contributed by atoms with Crippen molar-refractivity contribution in [1.29, 1.82) is 0 Å². The minimum Gasteiger partial charge on any atom is -0.0905 e. The van der Waals surface area contributed by atoms with Crippen molar-refractivity contribution in [2.24, 2.45) is 0 Å². The first-order valence-corrected chi connectivity index (χ1v) is 5.78. The minimum atomic E-state index is 0.410. The molecule has 0 saturated heterocycles. The van der Waals surface area contributed by atoms with Crippen molar-refractivity contribution >= 4 is 22.0 Å². The maximum atomic E-state index is 3.70. The maximum Gasteiger partial charge on any atom is 0.0429 e. The molecule has 0 fully saturated rings. The van der Waals surface area contributed by atoms with Crippen molar-refractivity contribution in [3.8, 4) is 0 Å². The number of allylic oxidation sites excluding steroid dienone is 3. The van der Waals surface area contributed by atoms with E-state index in [1.54, 1.807) is 0 Å². The minimum absolute atomic E-state index is 0.410. The number of fused-ring (bicyclic) bond motifs is 1. The number of rotatable bonds is 2. The second kappa shape index (κ2) is 4.14. The van der Waals surface area contributed by atoms with Crippen LogP contribution in [0, 0.1) is 0 Å². The summed E-state index contributed by atoms with van der Waals surface area (Å²) >= 11 is 3.70. The smallest absolute Gasteiger partial charge is 0.0429 e. The zero-order valence-corrected chi connectivity index (χ0v) is 9.74. The van der Waals surface area contributed by atoms with Gasteiger partial charge in [0.2, 0.25) is 0 Å².